The quantitative estimate of drug-likeness (QED) is 0.895. The number of rotatable bonds is 4. The first kappa shape index (κ1) is 14.4. The number of benzene rings is 1. The molecule has 3 unspecified atom stereocenters. The fourth-order valence-corrected chi connectivity index (χ4v) is 3.58. The first-order chi connectivity index (χ1) is 10.3. The van der Waals surface area contributed by atoms with Crippen molar-refractivity contribution in [2.24, 2.45) is 5.92 Å². The minimum Gasteiger partial charge on any atom is -0.494 e. The second-order valence-electron chi connectivity index (χ2n) is 6.06. The zero-order chi connectivity index (χ0) is 14.7. The molecule has 0 bridgehead atoms. The zero-order valence-electron chi connectivity index (χ0n) is 12.6. The Bertz CT molecular complexity index is 489. The van der Waals surface area contributed by atoms with Gasteiger partial charge in [-0.05, 0) is 44.2 Å². The van der Waals surface area contributed by atoms with Gasteiger partial charge in [0.2, 0.25) is 5.91 Å². The summed E-state index contributed by atoms with van der Waals surface area (Å²) in [4.78, 5) is 12.4. The van der Waals surface area contributed by atoms with Gasteiger partial charge in [-0.3, -0.25) is 4.79 Å². The second kappa shape index (κ2) is 6.48. The predicted molar refractivity (Wildman–Crippen MR) is 83.5 cm³/mol. The molecule has 1 aromatic rings. The highest BCUT2D eigenvalue weighted by Gasteiger charge is 2.38. The van der Waals surface area contributed by atoms with E-state index in [1.54, 1.807) is 0 Å². The van der Waals surface area contributed by atoms with E-state index in [2.05, 4.69) is 10.6 Å². The van der Waals surface area contributed by atoms with Gasteiger partial charge in [0.15, 0.2) is 0 Å². The summed E-state index contributed by atoms with van der Waals surface area (Å²) in [7, 11) is 0. The van der Waals surface area contributed by atoms with E-state index in [1.165, 1.54) is 25.7 Å². The van der Waals surface area contributed by atoms with Crippen LogP contribution >= 0.6 is 0 Å². The second-order valence-corrected chi connectivity index (χ2v) is 6.06. The smallest absolute Gasteiger partial charge is 0.241 e. The van der Waals surface area contributed by atoms with Gasteiger partial charge < -0.3 is 15.4 Å². The number of ether oxygens (including phenoxy) is 1. The van der Waals surface area contributed by atoms with E-state index in [9.17, 15) is 4.79 Å². The number of hydrogen-bond acceptors (Lipinski definition) is 3. The molecule has 114 valence electrons. The number of carbonyl (C=O) groups is 1. The van der Waals surface area contributed by atoms with Crippen molar-refractivity contribution in [1.82, 2.24) is 5.32 Å². The van der Waals surface area contributed by atoms with Gasteiger partial charge in [0.05, 0.1) is 12.6 Å². The lowest BCUT2D eigenvalue weighted by Gasteiger charge is -2.24. The molecule has 0 aromatic heterocycles. The lowest BCUT2D eigenvalue weighted by atomic mass is 9.85. The summed E-state index contributed by atoms with van der Waals surface area (Å²) in [6.45, 7) is 2.58. The zero-order valence-corrected chi connectivity index (χ0v) is 12.6. The maximum Gasteiger partial charge on any atom is 0.241 e. The van der Waals surface area contributed by atoms with E-state index >= 15 is 0 Å². The molecule has 0 radical (unpaired) electrons. The average Bonchev–Trinajstić information content (AvgIpc) is 2.92. The topological polar surface area (TPSA) is 50.4 Å². The van der Waals surface area contributed by atoms with Crippen LogP contribution in [-0.4, -0.2) is 24.6 Å². The van der Waals surface area contributed by atoms with E-state index in [1.807, 2.05) is 31.2 Å². The average molecular weight is 288 g/mol. The molecular weight excluding hydrogens is 264 g/mol. The molecule has 2 fully saturated rings. The van der Waals surface area contributed by atoms with Gasteiger partial charge in [0.1, 0.15) is 5.75 Å². The minimum absolute atomic E-state index is 0.0474. The number of amides is 1. The third kappa shape index (κ3) is 3.38. The molecule has 0 spiro atoms. The largest absolute Gasteiger partial charge is 0.494 e. The Hall–Kier alpha value is -1.55. The normalized spacial score (nSPS) is 28.0. The van der Waals surface area contributed by atoms with Crippen molar-refractivity contribution < 1.29 is 9.53 Å². The highest BCUT2D eigenvalue weighted by Crippen LogP contribution is 2.33. The maximum absolute atomic E-state index is 12.4. The van der Waals surface area contributed by atoms with E-state index < -0.39 is 0 Å². The predicted octanol–water partition coefficient (Wildman–Crippen LogP) is 2.94. The summed E-state index contributed by atoms with van der Waals surface area (Å²) < 4.78 is 5.46. The number of fused-ring (bicyclic) bond motifs is 1. The standard InChI is InChI=1S/C17H24N2O2/c1-2-21-14-8-5-7-13(11-14)18-17(20)16-10-12-6-3-4-9-15(12)19-16/h5,7-8,11-12,15-16,19H,2-4,6,9-10H2,1H3,(H,18,20). The summed E-state index contributed by atoms with van der Waals surface area (Å²) >= 11 is 0. The van der Waals surface area contributed by atoms with Gasteiger partial charge in [0.25, 0.3) is 0 Å². The third-order valence-corrected chi connectivity index (χ3v) is 4.59. The van der Waals surface area contributed by atoms with Gasteiger partial charge >= 0.3 is 0 Å². The van der Waals surface area contributed by atoms with Crippen LogP contribution in [0.15, 0.2) is 24.3 Å². The van der Waals surface area contributed by atoms with Crippen molar-refractivity contribution in [3.63, 3.8) is 0 Å². The molecule has 1 amide bonds. The minimum atomic E-state index is -0.0474. The van der Waals surface area contributed by atoms with Crippen molar-refractivity contribution in [3.05, 3.63) is 24.3 Å². The molecule has 3 atom stereocenters. The molecule has 1 saturated carbocycles. The Morgan fingerprint density at radius 2 is 2.24 bits per heavy atom. The van der Waals surface area contributed by atoms with Crippen LogP contribution in [0.25, 0.3) is 0 Å². The summed E-state index contributed by atoms with van der Waals surface area (Å²) in [5.41, 5.74) is 0.808. The van der Waals surface area contributed by atoms with Gasteiger partial charge in [-0.15, -0.1) is 0 Å². The molecule has 3 rings (SSSR count). The lowest BCUT2D eigenvalue weighted by Crippen LogP contribution is -2.39. The monoisotopic (exact) mass is 288 g/mol. The van der Waals surface area contributed by atoms with Crippen LogP contribution in [0.4, 0.5) is 5.69 Å². The Morgan fingerprint density at radius 1 is 1.38 bits per heavy atom. The Balaban J connectivity index is 1.60. The summed E-state index contributed by atoms with van der Waals surface area (Å²) in [5.74, 6) is 1.56. The molecule has 4 heteroatoms. The van der Waals surface area contributed by atoms with Crippen LogP contribution < -0.4 is 15.4 Å². The van der Waals surface area contributed by atoms with E-state index in [4.69, 9.17) is 4.74 Å². The van der Waals surface area contributed by atoms with Gasteiger partial charge in [-0.1, -0.05) is 18.9 Å². The van der Waals surface area contributed by atoms with E-state index in [-0.39, 0.29) is 11.9 Å². The van der Waals surface area contributed by atoms with Crippen molar-refractivity contribution in [2.75, 3.05) is 11.9 Å². The van der Waals surface area contributed by atoms with E-state index in [0.717, 1.165) is 17.9 Å². The Kier molecular flexibility index (Phi) is 4.44. The first-order valence-electron chi connectivity index (χ1n) is 8.06. The molecule has 21 heavy (non-hydrogen) atoms. The van der Waals surface area contributed by atoms with Crippen LogP contribution in [-0.2, 0) is 4.79 Å². The lowest BCUT2D eigenvalue weighted by molar-refractivity contribution is -0.117. The van der Waals surface area contributed by atoms with Crippen molar-refractivity contribution in [2.45, 2.75) is 51.1 Å². The Morgan fingerprint density at radius 3 is 3.05 bits per heavy atom. The van der Waals surface area contributed by atoms with Crippen LogP contribution in [0.3, 0.4) is 0 Å². The summed E-state index contributed by atoms with van der Waals surface area (Å²) in [5, 5.41) is 6.52. The van der Waals surface area contributed by atoms with Crippen LogP contribution in [0, 0.1) is 5.92 Å². The molecule has 1 saturated heterocycles. The third-order valence-electron chi connectivity index (χ3n) is 4.59. The van der Waals surface area contributed by atoms with Crippen LogP contribution in [0.2, 0.25) is 0 Å². The molecule has 2 aliphatic rings. The number of anilines is 1. The fraction of sp³-hybridized carbons (Fsp3) is 0.588. The fourth-order valence-electron chi connectivity index (χ4n) is 3.58. The first-order valence-corrected chi connectivity index (χ1v) is 8.06. The van der Waals surface area contributed by atoms with Crippen molar-refractivity contribution in [1.29, 1.82) is 0 Å². The van der Waals surface area contributed by atoms with Crippen molar-refractivity contribution in [3.8, 4) is 5.75 Å². The van der Waals surface area contributed by atoms with Crippen LogP contribution in [0.1, 0.15) is 39.0 Å². The molecule has 1 aromatic carbocycles. The van der Waals surface area contributed by atoms with Gasteiger partial charge in [0, 0.05) is 17.8 Å². The molecule has 1 heterocycles. The molecule has 1 aliphatic carbocycles. The molecule has 4 nitrogen and oxygen atoms in total. The van der Waals surface area contributed by atoms with Crippen molar-refractivity contribution >= 4 is 11.6 Å². The van der Waals surface area contributed by atoms with Gasteiger partial charge in [-0.25, -0.2) is 0 Å². The molecular formula is C17H24N2O2. The Labute approximate surface area is 126 Å². The molecule has 1 aliphatic heterocycles. The number of carbonyl (C=O) groups excluding carboxylic acids is 1. The van der Waals surface area contributed by atoms with E-state index in [0.29, 0.717) is 18.6 Å². The highest BCUT2D eigenvalue weighted by molar-refractivity contribution is 5.95. The number of hydrogen-bond donors (Lipinski definition) is 2. The molecule has 2 N–H and O–H groups in total. The van der Waals surface area contributed by atoms with Crippen LogP contribution in [0.5, 0.6) is 5.75 Å². The summed E-state index contributed by atoms with van der Waals surface area (Å²) in [6.07, 6.45) is 6.06. The SMILES string of the molecule is CCOc1cccc(NC(=O)C2CC3CCCCC3N2)c1. The number of nitrogens with one attached hydrogen (secondary N) is 2. The highest BCUT2D eigenvalue weighted by atomic mass is 16.5. The van der Waals surface area contributed by atoms with Gasteiger partial charge in [-0.2, -0.15) is 0 Å². The summed E-state index contributed by atoms with van der Waals surface area (Å²) in [6, 6.07) is 8.09. The maximum atomic E-state index is 12.4.